The van der Waals surface area contributed by atoms with Gasteiger partial charge in [-0.3, -0.25) is 15.3 Å². The summed E-state index contributed by atoms with van der Waals surface area (Å²) in [6, 6.07) is 9.45. The Kier molecular flexibility index (Phi) is 8.20. The highest BCUT2D eigenvalue weighted by atomic mass is 19.4. The third kappa shape index (κ3) is 7.14. The molecule has 0 aromatic heterocycles. The van der Waals surface area contributed by atoms with Crippen LogP contribution in [0, 0.1) is 23.7 Å². The summed E-state index contributed by atoms with van der Waals surface area (Å²) >= 11 is 0. The normalized spacial score (nSPS) is 13.6. The van der Waals surface area contributed by atoms with Crippen molar-refractivity contribution in [1.29, 1.82) is 0 Å². The summed E-state index contributed by atoms with van der Waals surface area (Å²) in [5, 5.41) is 30.9. The first-order chi connectivity index (χ1) is 14.6. The van der Waals surface area contributed by atoms with Crippen LogP contribution in [0.4, 0.5) is 13.2 Å². The molecule has 6 nitrogen and oxygen atoms in total. The predicted molar refractivity (Wildman–Crippen MR) is 105 cm³/mol. The number of hydrogen-bond acceptors (Lipinski definition) is 5. The van der Waals surface area contributed by atoms with E-state index in [0.29, 0.717) is 16.7 Å². The lowest BCUT2D eigenvalue weighted by molar-refractivity contribution is -0.137. The van der Waals surface area contributed by atoms with Crippen molar-refractivity contribution < 1.29 is 33.4 Å². The van der Waals surface area contributed by atoms with Crippen LogP contribution in [0.25, 0.3) is 0 Å². The molecule has 162 valence electrons. The van der Waals surface area contributed by atoms with E-state index in [1.165, 1.54) is 24.5 Å². The molecule has 31 heavy (non-hydrogen) atoms. The number of rotatable bonds is 5. The zero-order chi connectivity index (χ0) is 23.0. The first-order valence-corrected chi connectivity index (χ1v) is 8.97. The molecule has 9 heteroatoms. The smallest absolute Gasteiger partial charge is 0.391 e. The number of carbonyl (C=O) groups is 1. The Labute approximate surface area is 176 Å². The largest absolute Gasteiger partial charge is 0.416 e. The number of aliphatic hydroxyl groups excluding tert-OH is 2. The van der Waals surface area contributed by atoms with Gasteiger partial charge in [-0.25, -0.2) is 5.48 Å². The topological polar surface area (TPSA) is 102 Å². The second-order valence-electron chi connectivity index (χ2n) is 6.46. The lowest BCUT2D eigenvalue weighted by atomic mass is 10.1. The van der Waals surface area contributed by atoms with Crippen molar-refractivity contribution in [3.8, 4) is 23.7 Å². The molecule has 0 spiro atoms. The van der Waals surface area contributed by atoms with E-state index in [-0.39, 0.29) is 0 Å². The van der Waals surface area contributed by atoms with Crippen LogP contribution < -0.4 is 10.8 Å². The highest BCUT2D eigenvalue weighted by Crippen LogP contribution is 2.28. The number of hydroxylamine groups is 1. The van der Waals surface area contributed by atoms with Gasteiger partial charge in [0.2, 0.25) is 0 Å². The van der Waals surface area contributed by atoms with Crippen LogP contribution in [-0.4, -0.2) is 33.5 Å². The molecule has 0 heterocycles. The van der Waals surface area contributed by atoms with Gasteiger partial charge < -0.3 is 10.2 Å². The number of carbonyl (C=O) groups excluding carboxylic acids is 1. The standard InChI is InChI=1S/C22H19F3N2O4/c1-14(28)19(21(30)27-31)26-20(29)17-10-6-15(7-11-17)4-2-3-5-16-8-12-18(13-9-16)22(23,24)25/h6-14,19-20,26,28-29,31H,1H3,(H,27,30)/t14?,19-,20?/m0/s1. The van der Waals surface area contributed by atoms with Crippen molar-refractivity contribution in [3.63, 3.8) is 0 Å². The molecule has 0 aliphatic heterocycles. The quantitative estimate of drug-likeness (QED) is 0.215. The van der Waals surface area contributed by atoms with Gasteiger partial charge >= 0.3 is 6.18 Å². The third-order valence-corrected chi connectivity index (χ3v) is 4.13. The van der Waals surface area contributed by atoms with Gasteiger partial charge in [-0.05, 0) is 60.7 Å². The van der Waals surface area contributed by atoms with Gasteiger partial charge in [0.25, 0.3) is 5.91 Å². The molecule has 2 aromatic rings. The lowest BCUT2D eigenvalue weighted by Crippen LogP contribution is -2.50. The van der Waals surface area contributed by atoms with Crippen LogP contribution in [0.3, 0.4) is 0 Å². The summed E-state index contributed by atoms with van der Waals surface area (Å²) in [7, 11) is 0. The summed E-state index contributed by atoms with van der Waals surface area (Å²) in [6.45, 7) is 1.32. The molecule has 0 aliphatic rings. The minimum absolute atomic E-state index is 0.387. The highest BCUT2D eigenvalue weighted by molar-refractivity contribution is 5.81. The number of halogens is 3. The van der Waals surface area contributed by atoms with Crippen LogP contribution in [-0.2, 0) is 11.0 Å². The second kappa shape index (κ2) is 10.6. The molecule has 2 unspecified atom stereocenters. The van der Waals surface area contributed by atoms with Gasteiger partial charge in [-0.2, -0.15) is 13.2 Å². The van der Waals surface area contributed by atoms with E-state index in [9.17, 15) is 28.2 Å². The Morgan fingerprint density at radius 2 is 1.42 bits per heavy atom. The van der Waals surface area contributed by atoms with E-state index in [0.717, 1.165) is 12.1 Å². The Hall–Kier alpha value is -3.34. The molecule has 2 aromatic carbocycles. The zero-order valence-corrected chi connectivity index (χ0v) is 16.2. The molecule has 2 rings (SSSR count). The fourth-order valence-corrected chi connectivity index (χ4v) is 2.47. The summed E-state index contributed by atoms with van der Waals surface area (Å²) in [4.78, 5) is 11.5. The molecular weight excluding hydrogens is 413 g/mol. The van der Waals surface area contributed by atoms with Crippen molar-refractivity contribution in [2.45, 2.75) is 31.5 Å². The molecule has 0 radical (unpaired) electrons. The van der Waals surface area contributed by atoms with Crippen LogP contribution in [0.2, 0.25) is 0 Å². The van der Waals surface area contributed by atoms with Crippen LogP contribution in [0.5, 0.6) is 0 Å². The van der Waals surface area contributed by atoms with Crippen LogP contribution in [0.15, 0.2) is 48.5 Å². The number of alkyl halides is 3. The Balaban J connectivity index is 2.02. The maximum Gasteiger partial charge on any atom is 0.416 e. The molecule has 0 bridgehead atoms. The maximum atomic E-state index is 12.5. The zero-order valence-electron chi connectivity index (χ0n) is 16.2. The van der Waals surface area contributed by atoms with E-state index in [2.05, 4.69) is 29.0 Å². The van der Waals surface area contributed by atoms with E-state index >= 15 is 0 Å². The van der Waals surface area contributed by atoms with E-state index in [4.69, 9.17) is 5.21 Å². The first kappa shape index (κ1) is 23.9. The fraction of sp³-hybridized carbons (Fsp3) is 0.227. The van der Waals surface area contributed by atoms with E-state index in [1.807, 2.05) is 0 Å². The van der Waals surface area contributed by atoms with Gasteiger partial charge in [0.05, 0.1) is 11.7 Å². The lowest BCUT2D eigenvalue weighted by Gasteiger charge is -2.23. The molecule has 0 aliphatic carbocycles. The van der Waals surface area contributed by atoms with Gasteiger partial charge in [0.1, 0.15) is 12.3 Å². The van der Waals surface area contributed by atoms with E-state index < -0.39 is 36.0 Å². The van der Waals surface area contributed by atoms with Gasteiger partial charge in [0, 0.05) is 11.1 Å². The van der Waals surface area contributed by atoms with Crippen molar-refractivity contribution in [2.24, 2.45) is 0 Å². The van der Waals surface area contributed by atoms with Crippen molar-refractivity contribution in [3.05, 3.63) is 70.8 Å². The second-order valence-corrected chi connectivity index (χ2v) is 6.46. The van der Waals surface area contributed by atoms with E-state index in [1.54, 1.807) is 24.3 Å². The number of amides is 1. The highest BCUT2D eigenvalue weighted by Gasteiger charge is 2.29. The summed E-state index contributed by atoms with van der Waals surface area (Å²) in [6.07, 6.45) is -6.86. The van der Waals surface area contributed by atoms with Crippen LogP contribution in [0.1, 0.15) is 35.4 Å². The average Bonchev–Trinajstić information content (AvgIpc) is 2.74. The summed E-state index contributed by atoms with van der Waals surface area (Å²) in [5.41, 5.74) is 2.01. The first-order valence-electron chi connectivity index (χ1n) is 8.97. The molecule has 0 saturated carbocycles. The Morgan fingerprint density at radius 1 is 0.935 bits per heavy atom. The third-order valence-electron chi connectivity index (χ3n) is 4.13. The molecule has 1 amide bonds. The number of aliphatic hydroxyl groups is 2. The summed E-state index contributed by atoms with van der Waals surface area (Å²) < 4.78 is 37.6. The SMILES string of the molecule is CC(O)[C@H](NC(O)c1ccc(C#CC#Cc2ccc(C(F)(F)F)cc2)cc1)C(=O)NO. The fourth-order valence-electron chi connectivity index (χ4n) is 2.47. The predicted octanol–water partition coefficient (Wildman–Crippen LogP) is 1.94. The summed E-state index contributed by atoms with van der Waals surface area (Å²) in [5.74, 6) is 9.65. The van der Waals surface area contributed by atoms with Crippen molar-refractivity contribution in [2.75, 3.05) is 0 Å². The molecule has 5 N–H and O–H groups in total. The molecular formula is C22H19F3N2O4. The van der Waals surface area contributed by atoms with Crippen molar-refractivity contribution >= 4 is 5.91 Å². The number of benzene rings is 2. The molecule has 3 atom stereocenters. The van der Waals surface area contributed by atoms with Gasteiger partial charge in [0.15, 0.2) is 0 Å². The maximum absolute atomic E-state index is 12.5. The molecule has 0 saturated heterocycles. The average molecular weight is 432 g/mol. The number of hydrogen-bond donors (Lipinski definition) is 5. The number of nitrogens with one attached hydrogen (secondary N) is 2. The monoisotopic (exact) mass is 432 g/mol. The molecule has 0 fully saturated rings. The Bertz CT molecular complexity index is 1010. The van der Waals surface area contributed by atoms with Gasteiger partial charge in [-0.15, -0.1) is 0 Å². The van der Waals surface area contributed by atoms with Crippen LogP contribution >= 0.6 is 0 Å². The minimum atomic E-state index is -4.40. The van der Waals surface area contributed by atoms with Crippen molar-refractivity contribution in [1.82, 2.24) is 10.8 Å². The minimum Gasteiger partial charge on any atom is -0.391 e. The van der Waals surface area contributed by atoms with Gasteiger partial charge in [-0.1, -0.05) is 24.0 Å². The Morgan fingerprint density at radius 3 is 1.84 bits per heavy atom.